The maximum absolute atomic E-state index is 13.8. The van der Waals surface area contributed by atoms with Gasteiger partial charge >= 0.3 is 0 Å². The third-order valence-corrected chi connectivity index (χ3v) is 9.98. The largest absolute Gasteiger partial charge is 0.381 e. The van der Waals surface area contributed by atoms with E-state index in [9.17, 15) is 27.9 Å². The summed E-state index contributed by atoms with van der Waals surface area (Å²) in [5, 5.41) is 28.5. The number of nitrogens with zero attached hydrogens (tertiary/aromatic N) is 3. The Kier molecular flexibility index (Phi) is 11.3. The summed E-state index contributed by atoms with van der Waals surface area (Å²) in [4.78, 5) is 40.5. The Labute approximate surface area is 284 Å². The number of aliphatic hydroxyl groups is 1. The summed E-state index contributed by atoms with van der Waals surface area (Å²) in [5.41, 5.74) is 1.36. The highest BCUT2D eigenvalue weighted by molar-refractivity contribution is 7.92. The summed E-state index contributed by atoms with van der Waals surface area (Å²) >= 11 is 1.18. The predicted octanol–water partition coefficient (Wildman–Crippen LogP) is 4.06. The molecule has 0 unspecified atom stereocenters. The highest BCUT2D eigenvalue weighted by Crippen LogP contribution is 2.28. The molecule has 4 rings (SSSR count). The van der Waals surface area contributed by atoms with Crippen LogP contribution in [-0.4, -0.2) is 66.9 Å². The molecule has 3 amide bonds. The Balaban J connectivity index is 1.64. The third kappa shape index (κ3) is 9.46. The van der Waals surface area contributed by atoms with E-state index in [0.717, 1.165) is 21.7 Å². The summed E-state index contributed by atoms with van der Waals surface area (Å²) in [6.07, 6.45) is -0.632. The van der Waals surface area contributed by atoms with Gasteiger partial charge in [0.05, 0.1) is 24.0 Å². The number of sulfonamides is 1. The number of anilines is 2. The van der Waals surface area contributed by atoms with Crippen molar-refractivity contribution in [2.75, 3.05) is 22.9 Å². The van der Waals surface area contributed by atoms with Crippen LogP contribution in [0.2, 0.25) is 0 Å². The lowest BCUT2D eigenvalue weighted by Crippen LogP contribution is -2.50. The average molecular weight is 693 g/mol. The lowest BCUT2D eigenvalue weighted by atomic mass is 9.98. The van der Waals surface area contributed by atoms with Gasteiger partial charge in [-0.15, -0.1) is 10.2 Å². The van der Waals surface area contributed by atoms with Gasteiger partial charge < -0.3 is 15.7 Å². The fourth-order valence-corrected chi connectivity index (χ4v) is 5.94. The number of rotatable bonds is 12. The average Bonchev–Trinajstić information content (AvgIpc) is 3.53. The second-order valence-electron chi connectivity index (χ2n) is 12.5. The Bertz CT molecular complexity index is 1860. The molecule has 0 saturated heterocycles. The molecule has 0 fully saturated rings. The number of benzene rings is 3. The molecule has 1 heterocycles. The summed E-state index contributed by atoms with van der Waals surface area (Å²) in [6.45, 7) is 7.68. The van der Waals surface area contributed by atoms with Gasteiger partial charge in [-0.1, -0.05) is 92.8 Å². The van der Waals surface area contributed by atoms with Crippen LogP contribution in [0.25, 0.3) is 0 Å². The molecule has 4 aromatic rings. The van der Waals surface area contributed by atoms with Crippen molar-refractivity contribution in [1.29, 1.82) is 0 Å². The van der Waals surface area contributed by atoms with E-state index in [-0.39, 0.29) is 39.8 Å². The van der Waals surface area contributed by atoms with E-state index in [1.54, 1.807) is 31.2 Å². The van der Waals surface area contributed by atoms with Gasteiger partial charge in [-0.25, -0.2) is 8.42 Å². The SMILES string of the molecule is C[C@@H](NC(=O)c1cc(C(=O)N[C@@H](Cc2ccccc2)[C@@H](O)C(=O)Nc2nnc(C(C)(C)C)s2)cc(N(C)S(C)(=O)=O)c1)c1ccccc1. The minimum Gasteiger partial charge on any atom is -0.381 e. The summed E-state index contributed by atoms with van der Waals surface area (Å²) in [5.74, 6) is -2.06. The highest BCUT2D eigenvalue weighted by Gasteiger charge is 2.30. The molecule has 0 aliphatic rings. The minimum atomic E-state index is -3.77. The molecule has 3 aromatic carbocycles. The van der Waals surface area contributed by atoms with Crippen LogP contribution >= 0.6 is 11.3 Å². The Hall–Kier alpha value is -4.66. The van der Waals surface area contributed by atoms with Crippen LogP contribution in [0.15, 0.2) is 78.9 Å². The van der Waals surface area contributed by atoms with Crippen LogP contribution in [0, 0.1) is 0 Å². The molecule has 12 nitrogen and oxygen atoms in total. The Morgan fingerprint density at radius 2 is 1.46 bits per heavy atom. The minimum absolute atomic E-state index is 0.0414. The standard InChI is InChI=1S/C34H40N6O6S2/c1-21(23-15-11-8-12-16-23)35-29(42)24-18-25(20-26(19-24)40(5)48(6,45)46)30(43)36-27(17-22-13-9-7-10-14-22)28(41)31(44)37-33-39-38-32(47-33)34(2,3)4/h7-16,18-21,27-28,41H,17H2,1-6H3,(H,35,42)(H,36,43)(H,37,39,44)/t21-,27+,28-/m1/s1. The van der Waals surface area contributed by atoms with Crippen molar-refractivity contribution in [3.8, 4) is 0 Å². The molecular weight excluding hydrogens is 653 g/mol. The number of hydrogen-bond acceptors (Lipinski definition) is 9. The second-order valence-corrected chi connectivity index (χ2v) is 15.5. The Morgan fingerprint density at radius 1 is 0.896 bits per heavy atom. The molecule has 0 aliphatic carbocycles. The maximum Gasteiger partial charge on any atom is 0.257 e. The second kappa shape index (κ2) is 15.0. The fourth-order valence-electron chi connectivity index (χ4n) is 4.65. The lowest BCUT2D eigenvalue weighted by molar-refractivity contribution is -0.125. The topological polar surface area (TPSA) is 171 Å². The van der Waals surface area contributed by atoms with E-state index in [1.807, 2.05) is 57.2 Å². The van der Waals surface area contributed by atoms with Crippen LogP contribution in [0.5, 0.6) is 0 Å². The van der Waals surface area contributed by atoms with E-state index < -0.39 is 39.9 Å². The van der Waals surface area contributed by atoms with Crippen molar-refractivity contribution < 1.29 is 27.9 Å². The van der Waals surface area contributed by atoms with Gasteiger partial charge in [0, 0.05) is 23.6 Å². The molecular formula is C34H40N6O6S2. The monoisotopic (exact) mass is 692 g/mol. The number of carbonyl (C=O) groups excluding carboxylic acids is 3. The van der Waals surface area contributed by atoms with Gasteiger partial charge in [0.15, 0.2) is 6.10 Å². The van der Waals surface area contributed by atoms with E-state index in [0.29, 0.717) is 5.01 Å². The van der Waals surface area contributed by atoms with Crippen LogP contribution < -0.4 is 20.3 Å². The van der Waals surface area contributed by atoms with Gasteiger partial charge in [-0.2, -0.15) is 0 Å². The van der Waals surface area contributed by atoms with Crippen LogP contribution in [0.3, 0.4) is 0 Å². The van der Waals surface area contributed by atoms with E-state index in [4.69, 9.17) is 0 Å². The van der Waals surface area contributed by atoms with Crippen molar-refractivity contribution in [2.24, 2.45) is 0 Å². The highest BCUT2D eigenvalue weighted by atomic mass is 32.2. The van der Waals surface area contributed by atoms with Crippen LogP contribution in [0.4, 0.5) is 10.8 Å². The molecule has 3 atom stereocenters. The predicted molar refractivity (Wildman–Crippen MR) is 187 cm³/mol. The van der Waals surface area contributed by atoms with Gasteiger partial charge in [-0.05, 0) is 42.7 Å². The third-order valence-electron chi connectivity index (χ3n) is 7.51. The Morgan fingerprint density at radius 3 is 2.00 bits per heavy atom. The molecule has 0 radical (unpaired) electrons. The fraction of sp³-hybridized carbons (Fsp3) is 0.324. The van der Waals surface area contributed by atoms with Gasteiger partial charge in [0.2, 0.25) is 15.2 Å². The van der Waals surface area contributed by atoms with Crippen LogP contribution in [0.1, 0.15) is 70.6 Å². The van der Waals surface area contributed by atoms with Crippen molar-refractivity contribution in [2.45, 2.75) is 57.7 Å². The zero-order valence-electron chi connectivity index (χ0n) is 27.6. The molecule has 48 heavy (non-hydrogen) atoms. The maximum atomic E-state index is 13.8. The smallest absolute Gasteiger partial charge is 0.257 e. The molecule has 254 valence electrons. The summed E-state index contributed by atoms with van der Waals surface area (Å²) in [6, 6.07) is 20.8. The molecule has 0 spiro atoms. The number of carbonyl (C=O) groups is 3. The van der Waals surface area contributed by atoms with Crippen molar-refractivity contribution >= 4 is 49.9 Å². The van der Waals surface area contributed by atoms with E-state index in [1.165, 1.54) is 36.6 Å². The first-order valence-corrected chi connectivity index (χ1v) is 17.8. The quantitative estimate of drug-likeness (QED) is 0.172. The zero-order chi connectivity index (χ0) is 35.2. The molecule has 0 aliphatic heterocycles. The number of hydrogen-bond donors (Lipinski definition) is 4. The number of nitrogens with one attached hydrogen (secondary N) is 3. The molecule has 1 aromatic heterocycles. The van der Waals surface area contributed by atoms with Crippen molar-refractivity contribution in [3.05, 3.63) is 106 Å². The van der Waals surface area contributed by atoms with Gasteiger partial charge in [-0.3, -0.25) is 24.0 Å². The molecule has 0 saturated carbocycles. The number of aliphatic hydroxyl groups excluding tert-OH is 1. The normalized spacial score (nSPS) is 13.6. The molecule has 14 heteroatoms. The summed E-state index contributed by atoms with van der Waals surface area (Å²) < 4.78 is 25.9. The van der Waals surface area contributed by atoms with E-state index in [2.05, 4.69) is 26.1 Å². The van der Waals surface area contributed by atoms with Gasteiger partial charge in [0.25, 0.3) is 17.7 Å². The summed E-state index contributed by atoms with van der Waals surface area (Å²) in [7, 11) is -2.45. The van der Waals surface area contributed by atoms with Crippen LogP contribution in [-0.2, 0) is 26.7 Å². The van der Waals surface area contributed by atoms with Crippen molar-refractivity contribution in [3.63, 3.8) is 0 Å². The van der Waals surface area contributed by atoms with Gasteiger partial charge in [0.1, 0.15) is 5.01 Å². The number of amides is 3. The molecule has 0 bridgehead atoms. The van der Waals surface area contributed by atoms with Crippen molar-refractivity contribution in [1.82, 2.24) is 20.8 Å². The first-order valence-electron chi connectivity index (χ1n) is 15.2. The van der Waals surface area contributed by atoms with E-state index >= 15 is 0 Å². The lowest BCUT2D eigenvalue weighted by Gasteiger charge is -2.24. The first-order chi connectivity index (χ1) is 22.5. The molecule has 4 N–H and O–H groups in total. The first kappa shape index (κ1) is 36.2. The number of aromatic nitrogens is 2. The zero-order valence-corrected chi connectivity index (χ0v) is 29.2.